The van der Waals surface area contributed by atoms with E-state index >= 15 is 0 Å². The van der Waals surface area contributed by atoms with Gasteiger partial charge in [0.2, 0.25) is 15.9 Å². The van der Waals surface area contributed by atoms with Crippen molar-refractivity contribution < 1.29 is 32.4 Å². The Morgan fingerprint density at radius 2 is 2.19 bits per heavy atom. The molecule has 1 aliphatic heterocycles. The standard InChI is InChI=1S/C14H19BN2O7S2/c16-26(21,22)6-2-5-12(18)17-11-7-9-3-1-4-10(14(19)23-8-25)13(9)24-15(11)20/h1,3-4,11,20,25H,2,5-8H2,(H,17,18)(H2,16,21,22). The van der Waals surface area contributed by atoms with Crippen molar-refractivity contribution in [2.75, 3.05) is 11.7 Å². The van der Waals surface area contributed by atoms with Crippen LogP contribution in [-0.4, -0.2) is 50.1 Å². The van der Waals surface area contributed by atoms with E-state index in [0.717, 1.165) is 0 Å². The zero-order valence-corrected chi connectivity index (χ0v) is 15.5. The molecule has 4 N–H and O–H groups in total. The molecule has 1 amide bonds. The molecular formula is C14H19BN2O7S2. The molecule has 0 bridgehead atoms. The Hall–Kier alpha value is -1.76. The molecule has 1 aromatic carbocycles. The normalized spacial score (nSPS) is 16.4. The van der Waals surface area contributed by atoms with E-state index in [1.165, 1.54) is 6.07 Å². The number of hydrogen-bond acceptors (Lipinski definition) is 8. The average molecular weight is 402 g/mol. The lowest BCUT2D eigenvalue weighted by atomic mass is 9.72. The van der Waals surface area contributed by atoms with Crippen LogP contribution in [-0.2, 0) is 26.0 Å². The maximum Gasteiger partial charge on any atom is 0.547 e. The molecule has 0 saturated carbocycles. The summed E-state index contributed by atoms with van der Waals surface area (Å²) in [7, 11) is -4.99. The van der Waals surface area contributed by atoms with Crippen molar-refractivity contribution >= 4 is 41.6 Å². The molecule has 0 aliphatic carbocycles. The first kappa shape index (κ1) is 20.6. The van der Waals surface area contributed by atoms with E-state index < -0.39 is 35.0 Å². The van der Waals surface area contributed by atoms with Crippen molar-refractivity contribution in [2.45, 2.75) is 25.2 Å². The smallest absolute Gasteiger partial charge is 0.534 e. The summed E-state index contributed by atoms with van der Waals surface area (Å²) in [6, 6.07) is 4.85. The number of thiol groups is 1. The minimum absolute atomic E-state index is 0.0547. The third kappa shape index (κ3) is 5.63. The second-order valence-electron chi connectivity index (χ2n) is 5.71. The first-order valence-electron chi connectivity index (χ1n) is 7.75. The van der Waals surface area contributed by atoms with Gasteiger partial charge >= 0.3 is 13.1 Å². The fourth-order valence-corrected chi connectivity index (χ4v) is 3.22. The number of primary sulfonamides is 1. The van der Waals surface area contributed by atoms with E-state index in [0.29, 0.717) is 5.56 Å². The number of esters is 1. The van der Waals surface area contributed by atoms with Gasteiger partial charge in [-0.15, -0.1) is 12.6 Å². The van der Waals surface area contributed by atoms with Gasteiger partial charge in [-0.2, -0.15) is 0 Å². The Morgan fingerprint density at radius 3 is 2.85 bits per heavy atom. The van der Waals surface area contributed by atoms with Gasteiger partial charge in [-0.05, 0) is 24.5 Å². The maximum atomic E-state index is 11.9. The van der Waals surface area contributed by atoms with Gasteiger partial charge in [0.15, 0.2) is 0 Å². The van der Waals surface area contributed by atoms with Crippen molar-refractivity contribution in [1.29, 1.82) is 0 Å². The molecule has 0 spiro atoms. The Balaban J connectivity index is 2.02. The van der Waals surface area contributed by atoms with Crippen molar-refractivity contribution in [1.82, 2.24) is 5.32 Å². The van der Waals surface area contributed by atoms with Crippen molar-refractivity contribution in [2.24, 2.45) is 5.14 Å². The lowest BCUT2D eigenvalue weighted by Crippen LogP contribution is -2.53. The number of rotatable bonds is 7. The Bertz CT molecular complexity index is 788. The van der Waals surface area contributed by atoms with Crippen LogP contribution in [0, 0.1) is 0 Å². The van der Waals surface area contributed by atoms with Gasteiger partial charge < -0.3 is 19.7 Å². The second kappa shape index (κ2) is 8.76. The van der Waals surface area contributed by atoms with Gasteiger partial charge in [-0.1, -0.05) is 12.1 Å². The van der Waals surface area contributed by atoms with E-state index in [-0.39, 0.29) is 42.3 Å². The van der Waals surface area contributed by atoms with Crippen molar-refractivity contribution in [3.8, 4) is 5.75 Å². The van der Waals surface area contributed by atoms with E-state index in [4.69, 9.17) is 14.5 Å². The molecular weight excluding hydrogens is 383 g/mol. The van der Waals surface area contributed by atoms with Gasteiger partial charge in [0, 0.05) is 6.42 Å². The number of benzene rings is 1. The lowest BCUT2D eigenvalue weighted by Gasteiger charge is -2.29. The Kier molecular flexibility index (Phi) is 6.92. The molecule has 0 saturated heterocycles. The van der Waals surface area contributed by atoms with E-state index in [1.807, 2.05) is 0 Å². The molecule has 0 fully saturated rings. The summed E-state index contributed by atoms with van der Waals surface area (Å²) in [6.07, 6.45) is 0.255. The molecule has 1 atom stereocenters. The SMILES string of the molecule is NS(=O)(=O)CCCC(=O)NC1Cc2cccc(C(=O)OCS)c2OB1O. The van der Waals surface area contributed by atoms with E-state index in [1.54, 1.807) is 12.1 Å². The van der Waals surface area contributed by atoms with Crippen molar-refractivity contribution in [3.63, 3.8) is 0 Å². The fraction of sp³-hybridized carbons (Fsp3) is 0.429. The van der Waals surface area contributed by atoms with Crippen LogP contribution in [0.5, 0.6) is 5.75 Å². The third-order valence-corrected chi connectivity index (χ3v) is 4.70. The summed E-state index contributed by atoms with van der Waals surface area (Å²) < 4.78 is 32.0. The number of carbonyl (C=O) groups is 2. The molecule has 26 heavy (non-hydrogen) atoms. The van der Waals surface area contributed by atoms with E-state index in [2.05, 4.69) is 17.9 Å². The predicted molar refractivity (Wildman–Crippen MR) is 97.2 cm³/mol. The molecule has 1 unspecified atom stereocenters. The van der Waals surface area contributed by atoms with Crippen LogP contribution < -0.4 is 15.1 Å². The number of sulfonamides is 1. The minimum Gasteiger partial charge on any atom is -0.534 e. The molecule has 1 aromatic rings. The Labute approximate surface area is 156 Å². The van der Waals surface area contributed by atoms with Crippen molar-refractivity contribution in [3.05, 3.63) is 29.3 Å². The lowest BCUT2D eigenvalue weighted by molar-refractivity contribution is -0.121. The van der Waals surface area contributed by atoms with Crippen LogP contribution in [0.15, 0.2) is 18.2 Å². The third-order valence-electron chi connectivity index (χ3n) is 3.71. The van der Waals surface area contributed by atoms with Gasteiger partial charge in [0.25, 0.3) is 0 Å². The number of ether oxygens (including phenoxy) is 1. The number of carbonyl (C=O) groups excluding carboxylic acids is 2. The summed E-state index contributed by atoms with van der Waals surface area (Å²) in [5.74, 6) is -2.00. The molecule has 0 aromatic heterocycles. The second-order valence-corrected chi connectivity index (χ2v) is 7.70. The highest BCUT2D eigenvalue weighted by molar-refractivity contribution is 7.89. The molecule has 1 aliphatic rings. The van der Waals surface area contributed by atoms with Crippen LogP contribution in [0.1, 0.15) is 28.8 Å². The van der Waals surface area contributed by atoms with Gasteiger partial charge in [-0.25, -0.2) is 18.4 Å². The number of hydrogen-bond donors (Lipinski definition) is 4. The van der Waals surface area contributed by atoms with Crippen LogP contribution in [0.4, 0.5) is 0 Å². The summed E-state index contributed by atoms with van der Waals surface area (Å²) >= 11 is 3.83. The number of nitrogens with two attached hydrogens (primary N) is 1. The van der Waals surface area contributed by atoms with Crippen LogP contribution >= 0.6 is 12.6 Å². The number of fused-ring (bicyclic) bond motifs is 1. The number of amides is 1. The monoisotopic (exact) mass is 402 g/mol. The highest BCUT2D eigenvalue weighted by Crippen LogP contribution is 2.30. The van der Waals surface area contributed by atoms with E-state index in [9.17, 15) is 23.0 Å². The predicted octanol–water partition coefficient (Wildman–Crippen LogP) is -0.761. The first-order valence-corrected chi connectivity index (χ1v) is 10.1. The number of para-hydroxylation sites is 1. The summed E-state index contributed by atoms with van der Waals surface area (Å²) in [5, 5.41) is 17.6. The molecule has 12 heteroatoms. The zero-order valence-electron chi connectivity index (χ0n) is 13.8. The summed E-state index contributed by atoms with van der Waals surface area (Å²) in [6.45, 7) is 0. The molecule has 9 nitrogen and oxygen atoms in total. The van der Waals surface area contributed by atoms with Crippen LogP contribution in [0.3, 0.4) is 0 Å². The Morgan fingerprint density at radius 1 is 1.46 bits per heavy atom. The highest BCUT2D eigenvalue weighted by Gasteiger charge is 2.37. The number of nitrogens with one attached hydrogen (secondary N) is 1. The maximum absolute atomic E-state index is 11.9. The molecule has 0 radical (unpaired) electrons. The first-order chi connectivity index (χ1) is 12.2. The largest absolute Gasteiger partial charge is 0.547 e. The van der Waals surface area contributed by atoms with Gasteiger partial charge in [0.05, 0.1) is 11.7 Å². The molecule has 2 rings (SSSR count). The van der Waals surface area contributed by atoms with Crippen LogP contribution in [0.25, 0.3) is 0 Å². The topological polar surface area (TPSA) is 145 Å². The average Bonchev–Trinajstić information content (AvgIpc) is 2.54. The minimum atomic E-state index is -3.62. The zero-order chi connectivity index (χ0) is 19.3. The summed E-state index contributed by atoms with van der Waals surface area (Å²) in [5.41, 5.74) is 0.785. The summed E-state index contributed by atoms with van der Waals surface area (Å²) in [4.78, 5) is 23.8. The van der Waals surface area contributed by atoms with Gasteiger partial charge in [0.1, 0.15) is 17.3 Å². The van der Waals surface area contributed by atoms with Gasteiger partial charge in [-0.3, -0.25) is 4.79 Å². The molecule has 142 valence electrons. The van der Waals surface area contributed by atoms with Crippen LogP contribution in [0.2, 0.25) is 0 Å². The molecule has 1 heterocycles. The highest BCUT2D eigenvalue weighted by atomic mass is 32.2. The fourth-order valence-electron chi connectivity index (χ4n) is 2.56. The quantitative estimate of drug-likeness (QED) is 0.203.